The molecule has 1 aromatic rings. The molecule has 4 heteroatoms. The predicted molar refractivity (Wildman–Crippen MR) is 60.4 cm³/mol. The van der Waals surface area contributed by atoms with Crippen molar-refractivity contribution in [1.82, 2.24) is 0 Å². The van der Waals surface area contributed by atoms with Gasteiger partial charge < -0.3 is 0 Å². The van der Waals surface area contributed by atoms with Gasteiger partial charge in [0.15, 0.2) is 0 Å². The van der Waals surface area contributed by atoms with Gasteiger partial charge in [-0.05, 0) is 24.8 Å². The van der Waals surface area contributed by atoms with Crippen molar-refractivity contribution in [2.45, 2.75) is 25.7 Å². The van der Waals surface area contributed by atoms with Crippen LogP contribution >= 0.6 is 0 Å². The summed E-state index contributed by atoms with van der Waals surface area (Å²) in [5, 5.41) is 0. The third-order valence-corrected chi connectivity index (χ3v) is 3.02. The molecule has 3 nitrogen and oxygen atoms in total. The first-order chi connectivity index (χ1) is 7.08. The van der Waals surface area contributed by atoms with E-state index < -0.39 is 10.1 Å². The van der Waals surface area contributed by atoms with Crippen molar-refractivity contribution in [3.63, 3.8) is 0 Å². The molecular formula is C11H16O3S. The van der Waals surface area contributed by atoms with E-state index in [1.165, 1.54) is 5.56 Å². The molecule has 0 aromatic heterocycles. The molecule has 84 valence electrons. The molecule has 0 unspecified atom stereocenters. The quantitative estimate of drug-likeness (QED) is 0.600. The molecule has 0 fully saturated rings. The van der Waals surface area contributed by atoms with Gasteiger partial charge in [0.1, 0.15) is 0 Å². The summed E-state index contributed by atoms with van der Waals surface area (Å²) >= 11 is 0. The molecule has 1 rings (SSSR count). The molecule has 0 heterocycles. The van der Waals surface area contributed by atoms with E-state index in [2.05, 4.69) is 12.1 Å². The lowest BCUT2D eigenvalue weighted by molar-refractivity contribution is 0.479. The molecule has 15 heavy (non-hydrogen) atoms. The first kappa shape index (κ1) is 12.2. The molecule has 1 N–H and O–H groups in total. The molecular weight excluding hydrogens is 212 g/mol. The maximum Gasteiger partial charge on any atom is 0.264 e. The molecule has 0 spiro atoms. The zero-order chi connectivity index (χ0) is 11.1. The summed E-state index contributed by atoms with van der Waals surface area (Å²) in [6, 6.07) is 10.1. The van der Waals surface area contributed by atoms with Crippen LogP contribution in [-0.4, -0.2) is 18.7 Å². The van der Waals surface area contributed by atoms with Crippen molar-refractivity contribution in [3.05, 3.63) is 35.9 Å². The highest BCUT2D eigenvalue weighted by atomic mass is 32.2. The van der Waals surface area contributed by atoms with Gasteiger partial charge in [0.05, 0.1) is 5.75 Å². The summed E-state index contributed by atoms with van der Waals surface area (Å²) in [6.45, 7) is 0. The first-order valence-corrected chi connectivity index (χ1v) is 6.68. The third-order valence-electron chi connectivity index (χ3n) is 2.21. The van der Waals surface area contributed by atoms with Crippen LogP contribution in [0.25, 0.3) is 0 Å². The molecule has 0 aliphatic carbocycles. The van der Waals surface area contributed by atoms with Crippen molar-refractivity contribution < 1.29 is 13.0 Å². The predicted octanol–water partition coefficient (Wildman–Crippen LogP) is 2.29. The number of hydrogen-bond donors (Lipinski definition) is 1. The van der Waals surface area contributed by atoms with Gasteiger partial charge in [0.2, 0.25) is 0 Å². The maximum atomic E-state index is 10.4. The average Bonchev–Trinajstić information content (AvgIpc) is 2.17. The van der Waals surface area contributed by atoms with Gasteiger partial charge in [-0.15, -0.1) is 0 Å². The number of hydrogen-bond acceptors (Lipinski definition) is 2. The van der Waals surface area contributed by atoms with Crippen LogP contribution in [0.15, 0.2) is 30.3 Å². The number of rotatable bonds is 6. The van der Waals surface area contributed by atoms with E-state index in [4.69, 9.17) is 4.55 Å². The van der Waals surface area contributed by atoms with E-state index in [1.54, 1.807) is 0 Å². The fraction of sp³-hybridized carbons (Fsp3) is 0.455. The zero-order valence-electron chi connectivity index (χ0n) is 8.59. The van der Waals surface area contributed by atoms with E-state index in [-0.39, 0.29) is 5.75 Å². The molecule has 1 aromatic carbocycles. The summed E-state index contributed by atoms with van der Waals surface area (Å²) < 4.78 is 29.3. The monoisotopic (exact) mass is 228 g/mol. The molecule has 0 atom stereocenters. The van der Waals surface area contributed by atoms with Crippen LogP contribution in [0.3, 0.4) is 0 Å². The van der Waals surface area contributed by atoms with Crippen molar-refractivity contribution in [3.8, 4) is 0 Å². The Labute approximate surface area is 90.9 Å². The van der Waals surface area contributed by atoms with Crippen LogP contribution in [0.4, 0.5) is 0 Å². The lowest BCUT2D eigenvalue weighted by atomic mass is 10.1. The lowest BCUT2D eigenvalue weighted by Gasteiger charge is -2.00. The van der Waals surface area contributed by atoms with Crippen LogP contribution in [-0.2, 0) is 16.5 Å². The highest BCUT2D eigenvalue weighted by molar-refractivity contribution is 7.85. The van der Waals surface area contributed by atoms with Gasteiger partial charge in [0, 0.05) is 0 Å². The molecule has 0 radical (unpaired) electrons. The second-order valence-electron chi connectivity index (χ2n) is 3.58. The Morgan fingerprint density at radius 2 is 1.67 bits per heavy atom. The summed E-state index contributed by atoms with van der Waals surface area (Å²) in [7, 11) is -3.77. The van der Waals surface area contributed by atoms with Crippen LogP contribution in [0, 0.1) is 0 Å². The Kier molecular flexibility index (Phi) is 4.78. The van der Waals surface area contributed by atoms with Gasteiger partial charge in [0.25, 0.3) is 10.1 Å². The first-order valence-electron chi connectivity index (χ1n) is 5.07. The van der Waals surface area contributed by atoms with Gasteiger partial charge in [-0.1, -0.05) is 36.8 Å². The minimum absolute atomic E-state index is 0.123. The highest BCUT2D eigenvalue weighted by Crippen LogP contribution is 2.06. The highest BCUT2D eigenvalue weighted by Gasteiger charge is 2.02. The van der Waals surface area contributed by atoms with Crippen LogP contribution in [0.1, 0.15) is 24.8 Å². The fourth-order valence-electron chi connectivity index (χ4n) is 1.44. The van der Waals surface area contributed by atoms with E-state index in [0.29, 0.717) is 6.42 Å². The Bertz CT molecular complexity index is 370. The van der Waals surface area contributed by atoms with E-state index >= 15 is 0 Å². The summed E-state index contributed by atoms with van der Waals surface area (Å²) in [5.41, 5.74) is 1.27. The van der Waals surface area contributed by atoms with Gasteiger partial charge in [-0.2, -0.15) is 8.42 Å². The third kappa shape index (κ3) is 6.25. The normalized spacial score (nSPS) is 11.5. The second-order valence-corrected chi connectivity index (χ2v) is 5.15. The SMILES string of the molecule is O=S(=O)(O)CCCCCc1ccccc1. The Morgan fingerprint density at radius 3 is 2.27 bits per heavy atom. The van der Waals surface area contributed by atoms with Crippen molar-refractivity contribution in [2.24, 2.45) is 0 Å². The second kappa shape index (κ2) is 5.88. The van der Waals surface area contributed by atoms with Crippen molar-refractivity contribution in [2.75, 3.05) is 5.75 Å². The number of aryl methyl sites for hydroxylation is 1. The standard InChI is InChI=1S/C11H16O3S/c12-15(13,14)10-6-2-5-9-11-7-3-1-4-8-11/h1,3-4,7-8H,2,5-6,9-10H2,(H,12,13,14). The van der Waals surface area contributed by atoms with Crippen molar-refractivity contribution in [1.29, 1.82) is 0 Å². The maximum absolute atomic E-state index is 10.4. The van der Waals surface area contributed by atoms with Crippen LogP contribution in [0.2, 0.25) is 0 Å². The Balaban J connectivity index is 2.13. The number of benzene rings is 1. The zero-order valence-corrected chi connectivity index (χ0v) is 9.41. The summed E-state index contributed by atoms with van der Waals surface area (Å²) in [6.07, 6.45) is 3.28. The topological polar surface area (TPSA) is 54.4 Å². The lowest BCUT2D eigenvalue weighted by Crippen LogP contribution is -2.03. The molecule has 0 saturated heterocycles. The van der Waals surface area contributed by atoms with E-state index in [1.807, 2.05) is 18.2 Å². The molecule has 0 bridgehead atoms. The summed E-state index contributed by atoms with van der Waals surface area (Å²) in [4.78, 5) is 0. The minimum atomic E-state index is -3.77. The fourth-order valence-corrected chi connectivity index (χ4v) is 2.00. The largest absolute Gasteiger partial charge is 0.286 e. The molecule has 0 aliphatic rings. The van der Waals surface area contributed by atoms with Crippen LogP contribution in [0.5, 0.6) is 0 Å². The summed E-state index contributed by atoms with van der Waals surface area (Å²) in [5.74, 6) is -0.123. The molecule has 0 aliphatic heterocycles. The average molecular weight is 228 g/mol. The number of unbranched alkanes of at least 4 members (excludes halogenated alkanes) is 2. The van der Waals surface area contributed by atoms with E-state index in [9.17, 15) is 8.42 Å². The smallest absolute Gasteiger partial charge is 0.264 e. The van der Waals surface area contributed by atoms with Gasteiger partial charge in [-0.25, -0.2) is 0 Å². The van der Waals surface area contributed by atoms with Crippen LogP contribution < -0.4 is 0 Å². The van der Waals surface area contributed by atoms with Gasteiger partial charge >= 0.3 is 0 Å². The Morgan fingerprint density at radius 1 is 1.00 bits per heavy atom. The van der Waals surface area contributed by atoms with Gasteiger partial charge in [-0.3, -0.25) is 4.55 Å². The Hall–Kier alpha value is -0.870. The van der Waals surface area contributed by atoms with E-state index in [0.717, 1.165) is 19.3 Å². The minimum Gasteiger partial charge on any atom is -0.286 e. The van der Waals surface area contributed by atoms with Crippen molar-refractivity contribution >= 4 is 10.1 Å². The molecule has 0 amide bonds. The molecule has 0 saturated carbocycles.